The van der Waals surface area contributed by atoms with E-state index in [-0.39, 0.29) is 0 Å². The second-order valence-electron chi connectivity index (χ2n) is 4.89. The molecule has 0 saturated heterocycles. The maximum Gasteiger partial charge on any atom is 0.170 e. The SMILES string of the molecule is C[C@H](CCc1ccccc1)NC(=S)Nc1ccccc1. The van der Waals surface area contributed by atoms with Gasteiger partial charge in [0.05, 0.1) is 0 Å². The monoisotopic (exact) mass is 284 g/mol. The summed E-state index contributed by atoms with van der Waals surface area (Å²) in [5, 5.41) is 7.19. The van der Waals surface area contributed by atoms with Crippen LogP contribution in [-0.2, 0) is 6.42 Å². The van der Waals surface area contributed by atoms with Crippen LogP contribution in [0.3, 0.4) is 0 Å². The van der Waals surface area contributed by atoms with Crippen molar-refractivity contribution >= 4 is 23.0 Å². The molecule has 2 rings (SSSR count). The second-order valence-corrected chi connectivity index (χ2v) is 5.30. The van der Waals surface area contributed by atoms with Crippen LogP contribution in [-0.4, -0.2) is 11.2 Å². The lowest BCUT2D eigenvalue weighted by Crippen LogP contribution is -2.36. The van der Waals surface area contributed by atoms with Crippen molar-refractivity contribution in [3.05, 3.63) is 66.2 Å². The van der Waals surface area contributed by atoms with E-state index in [0.29, 0.717) is 11.2 Å². The van der Waals surface area contributed by atoms with Crippen LogP contribution < -0.4 is 10.6 Å². The molecule has 0 heterocycles. The molecule has 0 saturated carbocycles. The van der Waals surface area contributed by atoms with Crippen LogP contribution in [0.25, 0.3) is 0 Å². The molecule has 0 aromatic heterocycles. The summed E-state index contributed by atoms with van der Waals surface area (Å²) in [6.07, 6.45) is 2.11. The topological polar surface area (TPSA) is 24.1 Å². The summed E-state index contributed by atoms with van der Waals surface area (Å²) in [5.74, 6) is 0. The van der Waals surface area contributed by atoms with Gasteiger partial charge in [0.25, 0.3) is 0 Å². The van der Waals surface area contributed by atoms with Crippen LogP contribution in [0.15, 0.2) is 60.7 Å². The zero-order valence-corrected chi connectivity index (χ0v) is 12.5. The Morgan fingerprint density at radius 1 is 1.00 bits per heavy atom. The highest BCUT2D eigenvalue weighted by Gasteiger charge is 2.04. The first-order chi connectivity index (χ1) is 9.74. The molecular formula is C17H20N2S. The van der Waals surface area contributed by atoms with Crippen molar-refractivity contribution < 1.29 is 0 Å². The fourth-order valence-corrected chi connectivity index (χ4v) is 2.33. The van der Waals surface area contributed by atoms with Gasteiger partial charge >= 0.3 is 0 Å². The van der Waals surface area contributed by atoms with Gasteiger partial charge in [0.15, 0.2) is 5.11 Å². The molecule has 2 aromatic carbocycles. The fraction of sp³-hybridized carbons (Fsp3) is 0.235. The average Bonchev–Trinajstić information content (AvgIpc) is 2.47. The molecule has 0 radical (unpaired) electrons. The van der Waals surface area contributed by atoms with Gasteiger partial charge in [-0.3, -0.25) is 0 Å². The normalized spacial score (nSPS) is 11.7. The molecule has 0 spiro atoms. The van der Waals surface area contributed by atoms with Gasteiger partial charge in [-0.15, -0.1) is 0 Å². The Kier molecular flexibility index (Phi) is 5.56. The lowest BCUT2D eigenvalue weighted by Gasteiger charge is -2.17. The summed E-state index contributed by atoms with van der Waals surface area (Å²) < 4.78 is 0. The predicted molar refractivity (Wildman–Crippen MR) is 90.0 cm³/mol. The van der Waals surface area contributed by atoms with Crippen LogP contribution in [0.5, 0.6) is 0 Å². The minimum Gasteiger partial charge on any atom is -0.360 e. The molecule has 0 amide bonds. The van der Waals surface area contributed by atoms with Gasteiger partial charge in [-0.1, -0.05) is 48.5 Å². The van der Waals surface area contributed by atoms with Crippen molar-refractivity contribution in [2.45, 2.75) is 25.8 Å². The van der Waals surface area contributed by atoms with Gasteiger partial charge in [0.1, 0.15) is 0 Å². The van der Waals surface area contributed by atoms with Gasteiger partial charge < -0.3 is 10.6 Å². The van der Waals surface area contributed by atoms with Crippen molar-refractivity contribution in [3.63, 3.8) is 0 Å². The molecule has 0 bridgehead atoms. The molecule has 20 heavy (non-hydrogen) atoms. The first kappa shape index (κ1) is 14.5. The molecule has 2 N–H and O–H groups in total. The first-order valence-electron chi connectivity index (χ1n) is 6.90. The minimum absolute atomic E-state index is 0.346. The molecular weight excluding hydrogens is 264 g/mol. The number of anilines is 1. The van der Waals surface area contributed by atoms with Crippen LogP contribution in [0.1, 0.15) is 18.9 Å². The van der Waals surface area contributed by atoms with Crippen molar-refractivity contribution in [2.24, 2.45) is 0 Å². The highest BCUT2D eigenvalue weighted by molar-refractivity contribution is 7.80. The lowest BCUT2D eigenvalue weighted by atomic mass is 10.1. The Labute approximate surface area is 126 Å². The molecule has 0 aliphatic rings. The Balaban J connectivity index is 1.74. The van der Waals surface area contributed by atoms with E-state index in [4.69, 9.17) is 12.2 Å². The average molecular weight is 284 g/mol. The second kappa shape index (κ2) is 7.65. The number of para-hydroxylation sites is 1. The molecule has 1 atom stereocenters. The van der Waals surface area contributed by atoms with Gasteiger partial charge in [-0.25, -0.2) is 0 Å². The highest BCUT2D eigenvalue weighted by Crippen LogP contribution is 2.07. The standard InChI is InChI=1S/C17H20N2S/c1-14(12-13-15-8-4-2-5-9-15)18-17(20)19-16-10-6-3-7-11-16/h2-11,14H,12-13H2,1H3,(H2,18,19,20)/t14-/m1/s1. The van der Waals surface area contributed by atoms with Gasteiger partial charge in [-0.2, -0.15) is 0 Å². The lowest BCUT2D eigenvalue weighted by molar-refractivity contribution is 0.609. The Morgan fingerprint density at radius 2 is 1.60 bits per heavy atom. The number of thiocarbonyl (C=S) groups is 1. The third kappa shape index (κ3) is 5.02. The van der Waals surface area contributed by atoms with E-state index in [1.54, 1.807) is 0 Å². The zero-order valence-electron chi connectivity index (χ0n) is 11.7. The number of hydrogen-bond donors (Lipinski definition) is 2. The minimum atomic E-state index is 0.346. The predicted octanol–water partition coefficient (Wildman–Crippen LogP) is 3.99. The number of nitrogens with one attached hydrogen (secondary N) is 2. The summed E-state index contributed by atoms with van der Waals surface area (Å²) >= 11 is 5.32. The number of benzene rings is 2. The maximum atomic E-state index is 5.32. The van der Waals surface area contributed by atoms with Gasteiger partial charge in [0, 0.05) is 11.7 Å². The highest BCUT2D eigenvalue weighted by atomic mass is 32.1. The third-order valence-corrected chi connectivity index (χ3v) is 3.34. The van der Waals surface area contributed by atoms with E-state index in [9.17, 15) is 0 Å². The summed E-state index contributed by atoms with van der Waals surface area (Å²) in [4.78, 5) is 0. The van der Waals surface area contributed by atoms with Crippen LogP contribution >= 0.6 is 12.2 Å². The first-order valence-corrected chi connectivity index (χ1v) is 7.31. The number of rotatable bonds is 5. The Morgan fingerprint density at radius 3 is 2.25 bits per heavy atom. The van der Waals surface area contributed by atoms with Crippen LogP contribution in [0.2, 0.25) is 0 Å². The summed E-state index contributed by atoms with van der Waals surface area (Å²) in [7, 11) is 0. The van der Waals surface area contributed by atoms with Crippen molar-refractivity contribution in [2.75, 3.05) is 5.32 Å². The number of aryl methyl sites for hydroxylation is 1. The van der Waals surface area contributed by atoms with E-state index >= 15 is 0 Å². The van der Waals surface area contributed by atoms with Crippen LogP contribution in [0, 0.1) is 0 Å². The molecule has 2 aromatic rings. The van der Waals surface area contributed by atoms with Crippen molar-refractivity contribution in [1.29, 1.82) is 0 Å². The van der Waals surface area contributed by atoms with E-state index in [1.807, 2.05) is 36.4 Å². The molecule has 3 heteroatoms. The number of hydrogen-bond acceptors (Lipinski definition) is 1. The molecule has 0 aliphatic carbocycles. The molecule has 104 valence electrons. The van der Waals surface area contributed by atoms with E-state index < -0.39 is 0 Å². The molecule has 0 aliphatic heterocycles. The largest absolute Gasteiger partial charge is 0.360 e. The summed E-state index contributed by atoms with van der Waals surface area (Å²) in [6.45, 7) is 2.15. The molecule has 2 nitrogen and oxygen atoms in total. The van der Waals surface area contributed by atoms with E-state index in [2.05, 4.69) is 41.8 Å². The Bertz CT molecular complexity index is 525. The smallest absolute Gasteiger partial charge is 0.170 e. The zero-order chi connectivity index (χ0) is 14.2. The maximum absolute atomic E-state index is 5.32. The Hall–Kier alpha value is -1.87. The van der Waals surface area contributed by atoms with Gasteiger partial charge in [0.2, 0.25) is 0 Å². The fourth-order valence-electron chi connectivity index (χ4n) is 2.01. The van der Waals surface area contributed by atoms with Crippen molar-refractivity contribution in [3.8, 4) is 0 Å². The van der Waals surface area contributed by atoms with Crippen LogP contribution in [0.4, 0.5) is 5.69 Å². The van der Waals surface area contributed by atoms with E-state index in [1.165, 1.54) is 5.56 Å². The third-order valence-electron chi connectivity index (χ3n) is 3.12. The quantitative estimate of drug-likeness (QED) is 0.812. The molecule has 0 fully saturated rings. The van der Waals surface area contributed by atoms with E-state index in [0.717, 1.165) is 18.5 Å². The summed E-state index contributed by atoms with van der Waals surface area (Å²) in [5.41, 5.74) is 2.38. The molecule has 0 unspecified atom stereocenters. The van der Waals surface area contributed by atoms with Gasteiger partial charge in [-0.05, 0) is 49.7 Å². The van der Waals surface area contributed by atoms with Crippen molar-refractivity contribution in [1.82, 2.24) is 5.32 Å². The summed E-state index contributed by atoms with van der Waals surface area (Å²) in [6, 6.07) is 20.8.